The molecule has 6 nitrogen and oxygen atoms in total. The lowest BCUT2D eigenvalue weighted by molar-refractivity contribution is -0.121. The highest BCUT2D eigenvalue weighted by Crippen LogP contribution is 2.31. The molecule has 7 heteroatoms. The summed E-state index contributed by atoms with van der Waals surface area (Å²) in [6.45, 7) is 6.80. The van der Waals surface area contributed by atoms with Gasteiger partial charge in [-0.05, 0) is 39.0 Å². The zero-order valence-electron chi connectivity index (χ0n) is 15.1. The first-order valence-electron chi connectivity index (χ1n) is 8.60. The zero-order chi connectivity index (χ0) is 18.7. The predicted molar refractivity (Wildman–Crippen MR) is 99.1 cm³/mol. The molecule has 2 aromatic rings. The predicted octanol–water partition coefficient (Wildman–Crippen LogP) is 3.37. The third-order valence-electron chi connectivity index (χ3n) is 4.15. The van der Waals surface area contributed by atoms with Crippen molar-refractivity contribution >= 4 is 23.0 Å². The summed E-state index contributed by atoms with van der Waals surface area (Å²) < 4.78 is 10.9. The second-order valence-corrected chi connectivity index (χ2v) is 7.49. The lowest BCUT2D eigenvalue weighted by Gasteiger charge is -2.18. The number of rotatable bonds is 6. The SMILES string of the molecule is Cc1nc(C)c([C@@H](C)NC(=O)CCC(=O)c2ccc3c(c2)OCCO3)s1. The maximum absolute atomic E-state index is 12.4. The molecule has 2 heterocycles. The number of hydrogen-bond acceptors (Lipinski definition) is 6. The first-order valence-corrected chi connectivity index (χ1v) is 9.42. The summed E-state index contributed by atoms with van der Waals surface area (Å²) in [6, 6.07) is 5.01. The van der Waals surface area contributed by atoms with E-state index in [-0.39, 0.29) is 30.6 Å². The number of benzene rings is 1. The molecular formula is C19H22N2O4S. The average Bonchev–Trinajstić information content (AvgIpc) is 2.97. The van der Waals surface area contributed by atoms with E-state index in [2.05, 4.69) is 10.3 Å². The number of Topliss-reactive ketones (excluding diaryl/α,β-unsaturated/α-hetero) is 1. The molecule has 1 aromatic heterocycles. The molecule has 26 heavy (non-hydrogen) atoms. The van der Waals surface area contributed by atoms with Gasteiger partial charge in [0.05, 0.1) is 16.7 Å². The molecule has 0 radical (unpaired) electrons. The summed E-state index contributed by atoms with van der Waals surface area (Å²) in [6.07, 6.45) is 0.299. The number of carbonyl (C=O) groups excluding carboxylic acids is 2. The minimum atomic E-state index is -0.145. The minimum Gasteiger partial charge on any atom is -0.486 e. The fourth-order valence-electron chi connectivity index (χ4n) is 2.92. The van der Waals surface area contributed by atoms with Crippen LogP contribution in [-0.2, 0) is 4.79 Å². The Morgan fingerprint density at radius 3 is 2.62 bits per heavy atom. The highest BCUT2D eigenvalue weighted by Gasteiger charge is 2.18. The van der Waals surface area contributed by atoms with E-state index in [4.69, 9.17) is 9.47 Å². The topological polar surface area (TPSA) is 77.5 Å². The van der Waals surface area contributed by atoms with Crippen LogP contribution in [0.15, 0.2) is 18.2 Å². The molecule has 0 fully saturated rings. The van der Waals surface area contributed by atoms with Crippen LogP contribution < -0.4 is 14.8 Å². The quantitative estimate of drug-likeness (QED) is 0.785. The van der Waals surface area contributed by atoms with Gasteiger partial charge in [-0.3, -0.25) is 9.59 Å². The van der Waals surface area contributed by atoms with Gasteiger partial charge in [-0.15, -0.1) is 11.3 Å². The molecular weight excluding hydrogens is 352 g/mol. The van der Waals surface area contributed by atoms with Gasteiger partial charge in [-0.2, -0.15) is 0 Å². The van der Waals surface area contributed by atoms with E-state index in [0.717, 1.165) is 15.6 Å². The van der Waals surface area contributed by atoms with Gasteiger partial charge in [0.1, 0.15) is 13.2 Å². The van der Waals surface area contributed by atoms with Crippen LogP contribution in [0, 0.1) is 13.8 Å². The van der Waals surface area contributed by atoms with Crippen LogP contribution in [0.1, 0.15) is 51.7 Å². The Balaban J connectivity index is 1.54. The summed E-state index contributed by atoms with van der Waals surface area (Å²) in [4.78, 5) is 30.0. The van der Waals surface area contributed by atoms with E-state index in [1.54, 1.807) is 29.5 Å². The van der Waals surface area contributed by atoms with E-state index in [1.807, 2.05) is 20.8 Å². The molecule has 138 valence electrons. The summed E-state index contributed by atoms with van der Waals surface area (Å²) in [5.41, 5.74) is 1.47. The molecule has 1 aliphatic heterocycles. The maximum Gasteiger partial charge on any atom is 0.220 e. The number of fused-ring (bicyclic) bond motifs is 1. The number of thiazole rings is 1. The molecule has 0 aliphatic carbocycles. The molecule has 1 N–H and O–H groups in total. The number of nitrogens with one attached hydrogen (secondary N) is 1. The van der Waals surface area contributed by atoms with Gasteiger partial charge in [0.2, 0.25) is 5.91 Å². The lowest BCUT2D eigenvalue weighted by atomic mass is 10.1. The highest BCUT2D eigenvalue weighted by molar-refractivity contribution is 7.11. The van der Waals surface area contributed by atoms with Gasteiger partial charge < -0.3 is 14.8 Å². The van der Waals surface area contributed by atoms with Crippen molar-refractivity contribution in [2.75, 3.05) is 13.2 Å². The molecule has 0 unspecified atom stereocenters. The first-order chi connectivity index (χ1) is 12.4. The summed E-state index contributed by atoms with van der Waals surface area (Å²) in [5, 5.41) is 3.92. The van der Waals surface area contributed by atoms with Crippen LogP contribution in [0.25, 0.3) is 0 Å². The van der Waals surface area contributed by atoms with Gasteiger partial charge in [0.15, 0.2) is 17.3 Å². The fourth-order valence-corrected chi connectivity index (χ4v) is 3.85. The van der Waals surface area contributed by atoms with Crippen LogP contribution in [0.5, 0.6) is 11.5 Å². The number of nitrogens with zero attached hydrogens (tertiary/aromatic N) is 1. The Bertz CT molecular complexity index is 831. The van der Waals surface area contributed by atoms with E-state index >= 15 is 0 Å². The second-order valence-electron chi connectivity index (χ2n) is 6.25. The van der Waals surface area contributed by atoms with Crippen molar-refractivity contribution in [3.8, 4) is 11.5 Å². The number of hydrogen-bond donors (Lipinski definition) is 1. The molecule has 0 spiro atoms. The van der Waals surface area contributed by atoms with Crippen molar-refractivity contribution in [1.29, 1.82) is 0 Å². The van der Waals surface area contributed by atoms with Gasteiger partial charge in [-0.1, -0.05) is 0 Å². The summed E-state index contributed by atoms with van der Waals surface area (Å²) in [5.74, 6) is 0.995. The largest absolute Gasteiger partial charge is 0.486 e. The van der Waals surface area contributed by atoms with Crippen LogP contribution in [0.2, 0.25) is 0 Å². The van der Waals surface area contributed by atoms with Crippen molar-refractivity contribution in [3.63, 3.8) is 0 Å². The summed E-state index contributed by atoms with van der Waals surface area (Å²) in [7, 11) is 0. The standard InChI is InChI=1S/C19H22N2O4S/c1-11-19(26-13(3)20-11)12(2)21-18(23)7-5-15(22)14-4-6-16-17(10-14)25-9-8-24-16/h4,6,10,12H,5,7-9H2,1-3H3,(H,21,23)/t12-/m1/s1. The molecule has 0 bridgehead atoms. The lowest BCUT2D eigenvalue weighted by Crippen LogP contribution is -2.26. The number of aromatic nitrogens is 1. The third kappa shape index (κ3) is 4.22. The Kier molecular flexibility index (Phi) is 5.56. The molecule has 1 atom stereocenters. The Hall–Kier alpha value is -2.41. The number of amides is 1. The van der Waals surface area contributed by atoms with Crippen molar-refractivity contribution in [2.24, 2.45) is 0 Å². The monoisotopic (exact) mass is 374 g/mol. The molecule has 1 amide bonds. The molecule has 1 aliphatic rings. The van der Waals surface area contributed by atoms with Crippen molar-refractivity contribution in [3.05, 3.63) is 39.3 Å². The number of ether oxygens (including phenoxy) is 2. The summed E-state index contributed by atoms with van der Waals surface area (Å²) >= 11 is 1.58. The van der Waals surface area contributed by atoms with Crippen molar-refractivity contribution < 1.29 is 19.1 Å². The number of ketones is 1. The molecule has 0 saturated carbocycles. The first kappa shape index (κ1) is 18.4. The van der Waals surface area contributed by atoms with Gasteiger partial charge in [0, 0.05) is 23.3 Å². The number of aryl methyl sites for hydroxylation is 2. The van der Waals surface area contributed by atoms with Gasteiger partial charge in [-0.25, -0.2) is 4.98 Å². The Morgan fingerprint density at radius 2 is 1.92 bits per heavy atom. The van der Waals surface area contributed by atoms with Crippen molar-refractivity contribution in [2.45, 2.75) is 39.7 Å². The molecule has 3 rings (SSSR count). The third-order valence-corrected chi connectivity index (χ3v) is 5.41. The van der Waals surface area contributed by atoms with Gasteiger partial charge in [0.25, 0.3) is 0 Å². The molecule has 0 saturated heterocycles. The Labute approximate surface area is 156 Å². The van der Waals surface area contributed by atoms with Crippen molar-refractivity contribution in [1.82, 2.24) is 10.3 Å². The fraction of sp³-hybridized carbons (Fsp3) is 0.421. The van der Waals surface area contributed by atoms with Crippen LogP contribution in [0.3, 0.4) is 0 Å². The van der Waals surface area contributed by atoms with Gasteiger partial charge >= 0.3 is 0 Å². The zero-order valence-corrected chi connectivity index (χ0v) is 15.9. The molecule has 1 aromatic carbocycles. The van der Waals surface area contributed by atoms with E-state index < -0.39 is 0 Å². The normalized spacial score (nSPS) is 14.0. The highest BCUT2D eigenvalue weighted by atomic mass is 32.1. The van der Waals surface area contributed by atoms with Crippen LogP contribution in [-0.4, -0.2) is 29.9 Å². The average molecular weight is 374 g/mol. The Morgan fingerprint density at radius 1 is 1.19 bits per heavy atom. The maximum atomic E-state index is 12.4. The number of carbonyl (C=O) groups is 2. The van der Waals surface area contributed by atoms with E-state index in [1.165, 1.54) is 0 Å². The smallest absolute Gasteiger partial charge is 0.220 e. The van der Waals surface area contributed by atoms with E-state index in [0.29, 0.717) is 30.3 Å². The van der Waals surface area contributed by atoms with Crippen LogP contribution in [0.4, 0.5) is 0 Å². The minimum absolute atomic E-state index is 0.0883. The second kappa shape index (κ2) is 7.86. The van der Waals surface area contributed by atoms with Crippen LogP contribution >= 0.6 is 11.3 Å². The van der Waals surface area contributed by atoms with E-state index in [9.17, 15) is 9.59 Å².